The van der Waals surface area contributed by atoms with Gasteiger partial charge in [0.2, 0.25) is 0 Å². The Morgan fingerprint density at radius 2 is 2.24 bits per heavy atom. The van der Waals surface area contributed by atoms with Crippen LogP contribution in [0.5, 0.6) is 0 Å². The van der Waals surface area contributed by atoms with Crippen LogP contribution in [-0.2, 0) is 0 Å². The summed E-state index contributed by atoms with van der Waals surface area (Å²) >= 11 is 1.71. The maximum absolute atomic E-state index is 12.3. The van der Waals surface area contributed by atoms with E-state index >= 15 is 0 Å². The number of hydrogen-bond acceptors (Lipinski definition) is 4. The average Bonchev–Trinajstić information content (AvgIpc) is 3.15. The fraction of sp³-hybridized carbons (Fsp3) is 0.333. The van der Waals surface area contributed by atoms with Gasteiger partial charge in [-0.05, 0) is 12.2 Å². The third-order valence-corrected chi connectivity index (χ3v) is 4.84. The van der Waals surface area contributed by atoms with E-state index in [0.717, 1.165) is 17.7 Å². The average molecular weight is 303 g/mol. The predicted octanol–water partition coefficient (Wildman–Crippen LogP) is 1.67. The van der Waals surface area contributed by atoms with Crippen LogP contribution in [0.1, 0.15) is 16.8 Å². The fourth-order valence-corrected chi connectivity index (χ4v) is 3.65. The molecular formula is C15H17N3O2S. The van der Waals surface area contributed by atoms with Gasteiger partial charge in [-0.2, -0.15) is 16.9 Å². The molecule has 0 bridgehead atoms. The van der Waals surface area contributed by atoms with Crippen LogP contribution in [-0.4, -0.2) is 44.9 Å². The molecule has 1 fully saturated rings. The standard InChI is InChI=1S/C15H17N3O2S/c19-14(16-9-15(20)6-7-21-10-15)12-8-17-18-13(12)11-4-2-1-3-5-11/h1-5,8,20H,6-7,9-10H2,(H,16,19)(H,17,18)/t15-/m0/s1. The molecule has 5 nitrogen and oxygen atoms in total. The molecule has 1 atom stereocenters. The number of nitrogens with one attached hydrogen (secondary N) is 2. The van der Waals surface area contributed by atoms with Gasteiger partial charge in [-0.25, -0.2) is 0 Å². The van der Waals surface area contributed by atoms with E-state index in [4.69, 9.17) is 0 Å². The summed E-state index contributed by atoms with van der Waals surface area (Å²) in [4.78, 5) is 12.3. The van der Waals surface area contributed by atoms with E-state index in [-0.39, 0.29) is 12.5 Å². The quantitative estimate of drug-likeness (QED) is 0.803. The second-order valence-corrected chi connectivity index (χ2v) is 6.34. The third kappa shape index (κ3) is 3.11. The van der Waals surface area contributed by atoms with Crippen LogP contribution in [0.2, 0.25) is 0 Å². The summed E-state index contributed by atoms with van der Waals surface area (Å²) in [5, 5.41) is 19.9. The van der Waals surface area contributed by atoms with Crippen molar-refractivity contribution in [3.05, 3.63) is 42.1 Å². The van der Waals surface area contributed by atoms with Gasteiger partial charge in [-0.1, -0.05) is 30.3 Å². The number of aromatic amines is 1. The minimum absolute atomic E-state index is 0.215. The van der Waals surface area contributed by atoms with Crippen LogP contribution < -0.4 is 5.32 Å². The van der Waals surface area contributed by atoms with Crippen molar-refractivity contribution in [2.45, 2.75) is 12.0 Å². The van der Waals surface area contributed by atoms with Crippen molar-refractivity contribution >= 4 is 17.7 Å². The largest absolute Gasteiger partial charge is 0.387 e. The maximum atomic E-state index is 12.3. The first-order valence-electron chi connectivity index (χ1n) is 6.85. The van der Waals surface area contributed by atoms with Gasteiger partial charge in [0, 0.05) is 17.9 Å². The number of amides is 1. The van der Waals surface area contributed by atoms with E-state index in [0.29, 0.717) is 17.0 Å². The summed E-state index contributed by atoms with van der Waals surface area (Å²) in [6.45, 7) is 0.276. The van der Waals surface area contributed by atoms with Gasteiger partial charge in [-0.3, -0.25) is 9.89 Å². The van der Waals surface area contributed by atoms with E-state index in [2.05, 4.69) is 15.5 Å². The Kier molecular flexibility index (Phi) is 3.98. The Bertz CT molecular complexity index is 621. The van der Waals surface area contributed by atoms with E-state index in [1.807, 2.05) is 30.3 Å². The summed E-state index contributed by atoms with van der Waals surface area (Å²) in [6, 6.07) is 9.59. The number of carbonyl (C=O) groups is 1. The Morgan fingerprint density at radius 3 is 2.95 bits per heavy atom. The molecule has 0 unspecified atom stereocenters. The zero-order valence-corrected chi connectivity index (χ0v) is 12.3. The van der Waals surface area contributed by atoms with Crippen LogP contribution in [0.25, 0.3) is 11.3 Å². The zero-order valence-electron chi connectivity index (χ0n) is 11.5. The Hall–Kier alpha value is -1.79. The number of carbonyl (C=O) groups excluding carboxylic acids is 1. The van der Waals surface area contributed by atoms with Crippen molar-refractivity contribution in [2.24, 2.45) is 0 Å². The van der Waals surface area contributed by atoms with Gasteiger partial charge in [0.05, 0.1) is 23.1 Å². The second kappa shape index (κ2) is 5.91. The van der Waals surface area contributed by atoms with Gasteiger partial charge < -0.3 is 10.4 Å². The molecule has 0 aliphatic carbocycles. The molecule has 110 valence electrons. The SMILES string of the molecule is O=C(NC[C@@]1(O)CCSC1)c1cn[nH]c1-c1ccccc1. The van der Waals surface area contributed by atoms with Crippen LogP contribution in [0, 0.1) is 0 Å². The van der Waals surface area contributed by atoms with E-state index in [1.165, 1.54) is 6.20 Å². The molecule has 1 aliphatic rings. The number of aliphatic hydroxyl groups is 1. The van der Waals surface area contributed by atoms with Gasteiger partial charge in [0.15, 0.2) is 0 Å². The number of hydrogen-bond donors (Lipinski definition) is 3. The molecule has 0 saturated carbocycles. The minimum Gasteiger partial charge on any atom is -0.387 e. The first-order valence-corrected chi connectivity index (χ1v) is 8.01. The maximum Gasteiger partial charge on any atom is 0.255 e. The van der Waals surface area contributed by atoms with Crippen molar-refractivity contribution < 1.29 is 9.90 Å². The van der Waals surface area contributed by atoms with Gasteiger partial charge in [0.25, 0.3) is 5.91 Å². The van der Waals surface area contributed by atoms with Crippen LogP contribution >= 0.6 is 11.8 Å². The molecule has 1 saturated heterocycles. The lowest BCUT2D eigenvalue weighted by molar-refractivity contribution is 0.0613. The second-order valence-electron chi connectivity index (χ2n) is 5.23. The predicted molar refractivity (Wildman–Crippen MR) is 83.2 cm³/mol. The topological polar surface area (TPSA) is 78.0 Å². The Balaban J connectivity index is 1.72. The van der Waals surface area contributed by atoms with Crippen molar-refractivity contribution in [1.82, 2.24) is 15.5 Å². The van der Waals surface area contributed by atoms with Gasteiger partial charge in [0.1, 0.15) is 0 Å². The molecule has 21 heavy (non-hydrogen) atoms. The Labute approximate surface area is 127 Å². The van der Waals surface area contributed by atoms with E-state index in [9.17, 15) is 9.90 Å². The van der Waals surface area contributed by atoms with Gasteiger partial charge >= 0.3 is 0 Å². The van der Waals surface area contributed by atoms with Crippen LogP contribution in [0.15, 0.2) is 36.5 Å². The lowest BCUT2D eigenvalue weighted by Crippen LogP contribution is -2.43. The summed E-state index contributed by atoms with van der Waals surface area (Å²) in [5.74, 6) is 1.39. The molecule has 1 aromatic heterocycles. The third-order valence-electron chi connectivity index (χ3n) is 3.61. The summed E-state index contributed by atoms with van der Waals surface area (Å²) < 4.78 is 0. The number of aromatic nitrogens is 2. The highest BCUT2D eigenvalue weighted by Crippen LogP contribution is 2.27. The fourth-order valence-electron chi connectivity index (χ4n) is 2.36. The zero-order chi connectivity index (χ0) is 14.7. The first-order chi connectivity index (χ1) is 10.2. The molecule has 2 aromatic rings. The highest BCUT2D eigenvalue weighted by Gasteiger charge is 2.32. The lowest BCUT2D eigenvalue weighted by atomic mass is 10.0. The van der Waals surface area contributed by atoms with E-state index in [1.54, 1.807) is 11.8 Å². The normalized spacial score (nSPS) is 21.4. The van der Waals surface area contributed by atoms with Crippen LogP contribution in [0.3, 0.4) is 0 Å². The van der Waals surface area contributed by atoms with Gasteiger partial charge in [-0.15, -0.1) is 0 Å². The first kappa shape index (κ1) is 14.2. The summed E-state index contributed by atoms with van der Waals surface area (Å²) in [7, 11) is 0. The molecule has 3 N–H and O–H groups in total. The number of thioether (sulfide) groups is 1. The number of H-pyrrole nitrogens is 1. The number of nitrogens with zero attached hydrogens (tertiary/aromatic N) is 1. The molecule has 1 amide bonds. The molecule has 3 rings (SSSR count). The van der Waals surface area contributed by atoms with Crippen molar-refractivity contribution in [2.75, 3.05) is 18.1 Å². The van der Waals surface area contributed by atoms with Crippen molar-refractivity contribution in [1.29, 1.82) is 0 Å². The smallest absolute Gasteiger partial charge is 0.255 e. The number of benzene rings is 1. The molecule has 1 aliphatic heterocycles. The van der Waals surface area contributed by atoms with Crippen molar-refractivity contribution in [3.8, 4) is 11.3 Å². The van der Waals surface area contributed by atoms with Crippen LogP contribution in [0.4, 0.5) is 0 Å². The van der Waals surface area contributed by atoms with E-state index < -0.39 is 5.60 Å². The summed E-state index contributed by atoms with van der Waals surface area (Å²) in [6.07, 6.45) is 2.24. The molecule has 0 radical (unpaired) electrons. The molecule has 2 heterocycles. The number of rotatable bonds is 4. The minimum atomic E-state index is -0.781. The molecule has 0 spiro atoms. The highest BCUT2D eigenvalue weighted by molar-refractivity contribution is 7.99. The monoisotopic (exact) mass is 303 g/mol. The molecule has 1 aromatic carbocycles. The van der Waals surface area contributed by atoms with Crippen molar-refractivity contribution in [3.63, 3.8) is 0 Å². The Morgan fingerprint density at radius 1 is 1.43 bits per heavy atom. The lowest BCUT2D eigenvalue weighted by Gasteiger charge is -2.21. The molecular weight excluding hydrogens is 286 g/mol. The highest BCUT2D eigenvalue weighted by atomic mass is 32.2. The molecule has 6 heteroatoms. The summed E-state index contributed by atoms with van der Waals surface area (Å²) in [5.41, 5.74) is 1.32.